The molecular formula is C36H39Cl2N3O8S. The van der Waals surface area contributed by atoms with Gasteiger partial charge < -0.3 is 34.1 Å². The van der Waals surface area contributed by atoms with Crippen LogP contribution in [0.4, 0.5) is 0 Å². The quantitative estimate of drug-likeness (QED) is 0.0935. The fourth-order valence-corrected chi connectivity index (χ4v) is 7.92. The highest BCUT2D eigenvalue weighted by Gasteiger charge is 2.42. The van der Waals surface area contributed by atoms with Gasteiger partial charge in [0.15, 0.2) is 17.0 Å². The smallest absolute Gasteiger partial charge is 0.333 e. The zero-order valence-corrected chi connectivity index (χ0v) is 30.2. The lowest BCUT2D eigenvalue weighted by molar-refractivity contribution is -0.904. The van der Waals surface area contributed by atoms with Gasteiger partial charge in [-0.15, -0.1) is 11.3 Å². The maximum atomic E-state index is 13.8. The van der Waals surface area contributed by atoms with E-state index >= 15 is 0 Å². The molecule has 2 aromatic carbocycles. The summed E-state index contributed by atoms with van der Waals surface area (Å²) in [4.78, 5) is 29.2. The number of hydrogen-bond donors (Lipinski definition) is 3. The summed E-state index contributed by atoms with van der Waals surface area (Å²) in [6, 6.07) is 15.8. The molecule has 1 aliphatic rings. The first-order valence-corrected chi connectivity index (χ1v) is 17.5. The predicted molar refractivity (Wildman–Crippen MR) is 186 cm³/mol. The molecule has 4 aromatic rings. The number of carboxylic acids is 1. The molecule has 1 aliphatic heterocycles. The Labute approximate surface area is 304 Å². The maximum absolute atomic E-state index is 13.8. The van der Waals surface area contributed by atoms with E-state index < -0.39 is 30.0 Å². The van der Waals surface area contributed by atoms with E-state index in [9.17, 15) is 25.0 Å². The van der Waals surface area contributed by atoms with Gasteiger partial charge in [-0.1, -0.05) is 59.6 Å². The first-order chi connectivity index (χ1) is 24.0. The molecule has 1 unspecified atom stereocenters. The van der Waals surface area contributed by atoms with Crippen molar-refractivity contribution in [3.8, 4) is 11.5 Å². The summed E-state index contributed by atoms with van der Waals surface area (Å²) >= 11 is 14.1. The highest BCUT2D eigenvalue weighted by Crippen LogP contribution is 2.41. The number of carboxylic acid groups (broad SMARTS) is 1. The molecule has 3 heterocycles. The molecule has 3 N–H and O–H groups in total. The van der Waals surface area contributed by atoms with E-state index in [4.69, 9.17) is 37.4 Å². The molecule has 2 aromatic heterocycles. The number of aliphatic hydroxyl groups excluding tert-OH is 1. The molecule has 3 atom stereocenters. The van der Waals surface area contributed by atoms with Gasteiger partial charge in [-0.25, -0.2) is 4.79 Å². The number of carbonyl (C=O) groups is 2. The van der Waals surface area contributed by atoms with Gasteiger partial charge in [0.2, 0.25) is 12.4 Å². The van der Waals surface area contributed by atoms with E-state index in [1.54, 1.807) is 48.5 Å². The van der Waals surface area contributed by atoms with Crippen LogP contribution in [0.15, 0.2) is 67.0 Å². The van der Waals surface area contributed by atoms with Crippen LogP contribution in [0.1, 0.15) is 49.1 Å². The molecule has 5 rings (SSSR count). The van der Waals surface area contributed by atoms with E-state index in [0.29, 0.717) is 38.6 Å². The molecule has 11 nitrogen and oxygen atoms in total. The lowest BCUT2D eigenvalue weighted by atomic mass is 9.85. The van der Waals surface area contributed by atoms with Crippen LogP contribution in [0, 0.1) is 5.92 Å². The molecule has 50 heavy (non-hydrogen) atoms. The van der Waals surface area contributed by atoms with E-state index in [2.05, 4.69) is 10.2 Å². The molecule has 1 saturated heterocycles. The van der Waals surface area contributed by atoms with E-state index in [0.717, 1.165) is 35.6 Å². The number of likely N-dealkylation sites (tertiary alicyclic amines) is 1. The normalized spacial score (nSPS) is 16.5. The van der Waals surface area contributed by atoms with Crippen LogP contribution in [-0.4, -0.2) is 74.7 Å². The van der Waals surface area contributed by atoms with Crippen molar-refractivity contribution in [2.24, 2.45) is 5.92 Å². The summed E-state index contributed by atoms with van der Waals surface area (Å²) in [6.07, 6.45) is 3.63. The number of hydrogen-bond acceptors (Lipinski definition) is 11. The molecule has 0 amide bonds. The second kappa shape index (κ2) is 16.4. The Hall–Kier alpha value is -3.91. The Kier molecular flexibility index (Phi) is 12.3. The number of methoxy groups -OCH3 is 2. The number of ether oxygens (including phenoxy) is 3. The highest BCUT2D eigenvalue weighted by molar-refractivity contribution is 7.14. The van der Waals surface area contributed by atoms with Crippen molar-refractivity contribution in [1.82, 2.24) is 10.2 Å². The Balaban J connectivity index is 1.53. The number of aliphatic hydroxyl groups is 1. The van der Waals surface area contributed by atoms with E-state index in [1.807, 2.05) is 13.1 Å². The predicted octanol–water partition coefficient (Wildman–Crippen LogP) is 3.81. The van der Waals surface area contributed by atoms with E-state index in [1.165, 1.54) is 26.6 Å². The zero-order chi connectivity index (χ0) is 36.0. The number of nitrogens with zero attached hydrogens (tertiary/aromatic N) is 2. The summed E-state index contributed by atoms with van der Waals surface area (Å²) in [6.45, 7) is 1.35. The number of esters is 1. The van der Waals surface area contributed by atoms with Gasteiger partial charge in [-0.05, 0) is 61.3 Å². The maximum Gasteiger partial charge on any atom is 0.333 e. The molecule has 0 saturated carbocycles. The Morgan fingerprint density at radius 3 is 2.40 bits per heavy atom. The molecule has 0 radical (unpaired) electrons. The van der Waals surface area contributed by atoms with Crippen molar-refractivity contribution in [3.05, 3.63) is 109 Å². The second-order valence-electron chi connectivity index (χ2n) is 12.3. The number of halogens is 2. The first-order valence-electron chi connectivity index (χ1n) is 15.9. The number of nitrogens with one attached hydrogen (secondary N) is 1. The third-order valence-corrected chi connectivity index (χ3v) is 10.8. The molecule has 266 valence electrons. The fraction of sp³-hybridized carbons (Fsp3) is 0.361. The van der Waals surface area contributed by atoms with Crippen molar-refractivity contribution < 1.29 is 44.0 Å². The Bertz CT molecular complexity index is 1800. The van der Waals surface area contributed by atoms with Crippen molar-refractivity contribution >= 4 is 46.5 Å². The van der Waals surface area contributed by atoms with Crippen LogP contribution < -0.4 is 24.6 Å². The van der Waals surface area contributed by atoms with Gasteiger partial charge in [0.25, 0.3) is 0 Å². The lowest BCUT2D eigenvalue weighted by Crippen LogP contribution is -2.53. The molecule has 14 heteroatoms. The minimum absolute atomic E-state index is 0.0116. The number of benzene rings is 2. The molecular weight excluding hydrogens is 705 g/mol. The zero-order valence-electron chi connectivity index (χ0n) is 27.9. The van der Waals surface area contributed by atoms with Crippen molar-refractivity contribution in [3.63, 3.8) is 0 Å². The van der Waals surface area contributed by atoms with Crippen molar-refractivity contribution in [2.45, 2.75) is 30.8 Å². The second-order valence-corrected chi connectivity index (χ2v) is 14.2. The third-order valence-electron chi connectivity index (χ3n) is 9.01. The molecule has 0 spiro atoms. The summed E-state index contributed by atoms with van der Waals surface area (Å²) in [5.74, 6) is -1.56. The summed E-state index contributed by atoms with van der Waals surface area (Å²) in [7, 11) is 5.03. The van der Waals surface area contributed by atoms with Crippen LogP contribution >= 0.6 is 34.5 Å². The SMILES string of the molecule is COc1ccc([C@H](Cc2c(Cl)c[n+](O)cc2Cl)c2cc(CNC(CO)(C(=O)OC[C@@H]3CCN(C)C3)c3ccccc3)sc2C(=O)[O-])cc1OC. The third kappa shape index (κ3) is 8.17. The minimum Gasteiger partial charge on any atom is -0.544 e. The first kappa shape index (κ1) is 37.3. The number of carbonyl (C=O) groups excluding carboxylic acids is 2. The van der Waals surface area contributed by atoms with Gasteiger partial charge in [0, 0.05) is 40.1 Å². The average molecular weight is 745 g/mol. The van der Waals surface area contributed by atoms with Crippen molar-refractivity contribution in [1.29, 1.82) is 0 Å². The number of thiophene rings is 1. The molecule has 0 bridgehead atoms. The van der Waals surface area contributed by atoms with Gasteiger partial charge in [0.1, 0.15) is 10.0 Å². The Morgan fingerprint density at radius 1 is 1.10 bits per heavy atom. The number of aromatic nitrogens is 1. The van der Waals surface area contributed by atoms with Crippen LogP contribution in [0.2, 0.25) is 10.0 Å². The monoisotopic (exact) mass is 743 g/mol. The van der Waals surface area contributed by atoms with Crippen LogP contribution in [0.3, 0.4) is 0 Å². The van der Waals surface area contributed by atoms with Gasteiger partial charge in [-0.2, -0.15) is 0 Å². The van der Waals surface area contributed by atoms with Gasteiger partial charge >= 0.3 is 5.97 Å². The number of aromatic carboxylic acids is 1. The number of pyridine rings is 1. The lowest BCUT2D eigenvalue weighted by Gasteiger charge is -2.31. The van der Waals surface area contributed by atoms with Crippen LogP contribution in [0.25, 0.3) is 0 Å². The van der Waals surface area contributed by atoms with Gasteiger partial charge in [0.05, 0.1) is 38.3 Å². The fourth-order valence-electron chi connectivity index (χ4n) is 6.32. The summed E-state index contributed by atoms with van der Waals surface area (Å²) in [5.41, 5.74) is 0.448. The summed E-state index contributed by atoms with van der Waals surface area (Å²) < 4.78 is 17.5. The van der Waals surface area contributed by atoms with Gasteiger partial charge in [-0.3, -0.25) is 10.5 Å². The summed E-state index contributed by atoms with van der Waals surface area (Å²) in [5, 5.41) is 37.0. The average Bonchev–Trinajstić information content (AvgIpc) is 3.73. The van der Waals surface area contributed by atoms with Crippen LogP contribution in [0.5, 0.6) is 11.5 Å². The van der Waals surface area contributed by atoms with Crippen LogP contribution in [-0.2, 0) is 28.0 Å². The Morgan fingerprint density at radius 2 is 1.80 bits per heavy atom. The highest BCUT2D eigenvalue weighted by atomic mass is 35.5. The minimum atomic E-state index is -1.62. The van der Waals surface area contributed by atoms with Crippen molar-refractivity contribution in [2.75, 3.05) is 47.6 Å². The molecule has 1 fully saturated rings. The standard InChI is InChI=1S/C36H39Cl2N3O8S/c1-40-12-11-22(17-40)20-49-35(45)36(21-42,24-7-5-4-6-8-24)39-16-25-14-27(33(50-25)34(43)44)26(15-28-29(37)18-41(46)19-30(28)38)23-9-10-31(47-2)32(13-23)48-3/h4-10,13-14,18-19,22,26,39,42H,11-12,15-17,20-21H2,1-3H3,(H-,43,44,46)/t22-,26+,36?/m1/s1. The topological polar surface area (TPSA) is 144 Å². The largest absolute Gasteiger partial charge is 0.544 e. The number of rotatable bonds is 15. The molecule has 0 aliphatic carbocycles. The van der Waals surface area contributed by atoms with E-state index in [-0.39, 0.29) is 40.4 Å².